The Hall–Kier alpha value is -2.38. The summed E-state index contributed by atoms with van der Waals surface area (Å²) >= 11 is 0. The summed E-state index contributed by atoms with van der Waals surface area (Å²) < 4.78 is 54.4. The van der Waals surface area contributed by atoms with Crippen molar-refractivity contribution >= 4 is 29.3 Å². The second kappa shape index (κ2) is 8.76. The minimum absolute atomic E-state index is 0.109. The number of para-hydroxylation sites is 1. The van der Waals surface area contributed by atoms with Crippen LogP contribution in [0.25, 0.3) is 22.2 Å². The highest BCUT2D eigenvalue weighted by Crippen LogP contribution is 2.42. The Morgan fingerprint density at radius 1 is 1.24 bits per heavy atom. The molecule has 2 heterocycles. The average molecular weight is 479 g/mol. The van der Waals surface area contributed by atoms with Crippen LogP contribution in [0, 0.1) is 5.92 Å². The molecule has 10 heteroatoms. The lowest BCUT2D eigenvalue weighted by Gasteiger charge is -2.24. The number of anilines is 1. The number of benzene rings is 1. The van der Waals surface area contributed by atoms with Gasteiger partial charge in [-0.2, -0.15) is 13.2 Å². The van der Waals surface area contributed by atoms with E-state index in [0.717, 1.165) is 32.0 Å². The molecule has 0 bridgehead atoms. The quantitative estimate of drug-likeness (QED) is 0.485. The molecular weight excluding hydrogens is 450 g/mol. The van der Waals surface area contributed by atoms with Gasteiger partial charge in [0.05, 0.1) is 11.2 Å². The third-order valence-corrected chi connectivity index (χ3v) is 7.73. The van der Waals surface area contributed by atoms with Crippen molar-refractivity contribution in [2.45, 2.75) is 31.5 Å². The van der Waals surface area contributed by atoms with Crippen LogP contribution in [0.15, 0.2) is 30.6 Å². The van der Waals surface area contributed by atoms with Gasteiger partial charge in [0.15, 0.2) is 0 Å². The molecule has 2 aromatic heterocycles. The molecule has 1 saturated carbocycles. The van der Waals surface area contributed by atoms with Crippen molar-refractivity contribution in [3.05, 3.63) is 36.2 Å². The summed E-state index contributed by atoms with van der Waals surface area (Å²) in [6, 6.07) is 5.29. The van der Waals surface area contributed by atoms with Gasteiger partial charge in [0.2, 0.25) is 5.95 Å². The van der Waals surface area contributed by atoms with Gasteiger partial charge in [-0.3, -0.25) is 0 Å². The number of halogens is 3. The van der Waals surface area contributed by atoms with Crippen LogP contribution in [0.5, 0.6) is 0 Å². The largest absolute Gasteiger partial charge is 0.419 e. The minimum atomic E-state index is -4.61. The van der Waals surface area contributed by atoms with Gasteiger partial charge >= 0.3 is 6.18 Å². The van der Waals surface area contributed by atoms with Gasteiger partial charge in [-0.25, -0.2) is 9.97 Å². The highest BCUT2D eigenvalue weighted by molar-refractivity contribution is 7.70. The third-order valence-electron chi connectivity index (χ3n) is 6.20. The number of alkyl halides is 3. The lowest BCUT2D eigenvalue weighted by atomic mass is 10.0. The van der Waals surface area contributed by atoms with Gasteiger partial charge in [-0.1, -0.05) is 18.6 Å². The molecule has 0 saturated heterocycles. The summed E-state index contributed by atoms with van der Waals surface area (Å²) in [6.07, 6.45) is 0.798. The second-order valence-electron chi connectivity index (χ2n) is 9.41. The first-order chi connectivity index (χ1) is 15.4. The van der Waals surface area contributed by atoms with E-state index < -0.39 is 18.9 Å². The molecular formula is C23H29F3N5OP. The van der Waals surface area contributed by atoms with Crippen LogP contribution in [0.2, 0.25) is 0 Å². The van der Waals surface area contributed by atoms with Crippen LogP contribution in [0.1, 0.15) is 24.8 Å². The van der Waals surface area contributed by atoms with Crippen molar-refractivity contribution in [2.24, 2.45) is 5.92 Å². The zero-order valence-electron chi connectivity index (χ0n) is 19.2. The molecule has 2 atom stereocenters. The predicted octanol–water partition coefficient (Wildman–Crippen LogP) is 5.03. The summed E-state index contributed by atoms with van der Waals surface area (Å²) in [5.74, 6) is 0.573. The number of H-pyrrole nitrogens is 1. The molecule has 2 N–H and O–H groups in total. The van der Waals surface area contributed by atoms with E-state index in [-0.39, 0.29) is 17.7 Å². The fraction of sp³-hybridized carbons (Fsp3) is 0.478. The minimum Gasteiger partial charge on any atom is -0.360 e. The predicted molar refractivity (Wildman–Crippen MR) is 127 cm³/mol. The topological polar surface area (TPSA) is 73.9 Å². The normalized spacial score (nSPS) is 19.5. The van der Waals surface area contributed by atoms with E-state index in [4.69, 9.17) is 0 Å². The molecule has 1 aromatic carbocycles. The summed E-state index contributed by atoms with van der Waals surface area (Å²) in [5.41, 5.74) is -0.197. The number of aromatic amines is 1. The smallest absolute Gasteiger partial charge is 0.360 e. The molecule has 1 fully saturated rings. The maximum atomic E-state index is 13.9. The average Bonchev–Trinajstić information content (AvgIpc) is 3.32. The number of aromatic nitrogens is 3. The second-order valence-corrected chi connectivity index (χ2v) is 12.6. The molecule has 2 unspecified atom stereocenters. The highest BCUT2D eigenvalue weighted by atomic mass is 31.2. The van der Waals surface area contributed by atoms with Crippen LogP contribution in [0.4, 0.5) is 19.1 Å². The molecule has 3 aromatic rings. The number of fused-ring (bicyclic) bond motifs is 1. The van der Waals surface area contributed by atoms with Crippen LogP contribution < -0.4 is 10.6 Å². The van der Waals surface area contributed by atoms with Gasteiger partial charge < -0.3 is 19.8 Å². The molecule has 0 aliphatic heterocycles. The molecule has 4 rings (SSSR count). The monoisotopic (exact) mass is 479 g/mol. The molecule has 1 aliphatic carbocycles. The van der Waals surface area contributed by atoms with Gasteiger partial charge in [0.1, 0.15) is 12.7 Å². The molecule has 6 nitrogen and oxygen atoms in total. The van der Waals surface area contributed by atoms with Crippen LogP contribution in [-0.2, 0) is 10.7 Å². The number of nitrogens with one attached hydrogen (secondary N) is 2. The fourth-order valence-corrected chi connectivity index (χ4v) is 5.90. The van der Waals surface area contributed by atoms with Gasteiger partial charge in [0, 0.05) is 41.2 Å². The summed E-state index contributed by atoms with van der Waals surface area (Å²) in [6.45, 7) is 4.17. The standard InChI is InChI=1S/C23H29F3N5OP/c1-31(2)13-14-7-5-9-18(14)29-22-28-12-17(23(24,25)26)20(30-22)16-11-27-21-15(16)8-6-10-19(21)33(3,4)32/h6,8,10-12,14,18,27H,5,7,9,13H2,1-4H3,(H,28,29,30). The number of nitrogens with zero attached hydrogens (tertiary/aromatic N) is 3. The van der Waals surface area contributed by atoms with E-state index in [0.29, 0.717) is 27.7 Å². The fourth-order valence-electron chi connectivity index (χ4n) is 4.73. The Bertz CT molecular complexity index is 1200. The lowest BCUT2D eigenvalue weighted by Crippen LogP contribution is -2.32. The van der Waals surface area contributed by atoms with Gasteiger partial charge in [-0.15, -0.1) is 0 Å². The van der Waals surface area contributed by atoms with E-state index in [1.54, 1.807) is 31.5 Å². The first-order valence-electron chi connectivity index (χ1n) is 11.0. The Morgan fingerprint density at radius 3 is 2.67 bits per heavy atom. The summed E-state index contributed by atoms with van der Waals surface area (Å²) in [4.78, 5) is 13.5. The van der Waals surface area contributed by atoms with Crippen molar-refractivity contribution in [2.75, 3.05) is 39.3 Å². The van der Waals surface area contributed by atoms with Crippen molar-refractivity contribution in [1.82, 2.24) is 19.9 Å². The van der Waals surface area contributed by atoms with E-state index in [1.165, 1.54) is 6.20 Å². The Labute approximate surface area is 191 Å². The molecule has 0 radical (unpaired) electrons. The van der Waals surface area contributed by atoms with E-state index in [9.17, 15) is 17.7 Å². The lowest BCUT2D eigenvalue weighted by molar-refractivity contribution is -0.137. The van der Waals surface area contributed by atoms with Gasteiger partial charge in [0.25, 0.3) is 0 Å². The Kier molecular flexibility index (Phi) is 6.31. The number of rotatable bonds is 6. The zero-order valence-corrected chi connectivity index (χ0v) is 20.1. The SMILES string of the molecule is CN(C)CC1CCCC1Nc1ncc(C(F)(F)F)c(-c2c[nH]c3c(P(C)(C)=O)cccc23)n1. The molecule has 178 valence electrons. The first-order valence-corrected chi connectivity index (χ1v) is 13.6. The molecule has 0 spiro atoms. The maximum Gasteiger partial charge on any atom is 0.419 e. The highest BCUT2D eigenvalue weighted by Gasteiger charge is 2.37. The third kappa shape index (κ3) is 4.94. The van der Waals surface area contributed by atoms with Crippen LogP contribution >= 0.6 is 7.14 Å². The van der Waals surface area contributed by atoms with E-state index >= 15 is 0 Å². The zero-order chi connectivity index (χ0) is 24.0. The van der Waals surface area contributed by atoms with Crippen molar-refractivity contribution in [1.29, 1.82) is 0 Å². The van der Waals surface area contributed by atoms with Crippen molar-refractivity contribution in [3.63, 3.8) is 0 Å². The summed E-state index contributed by atoms with van der Waals surface area (Å²) in [7, 11) is 1.39. The molecule has 0 amide bonds. The van der Waals surface area contributed by atoms with Crippen LogP contribution in [0.3, 0.4) is 0 Å². The van der Waals surface area contributed by atoms with Crippen molar-refractivity contribution in [3.8, 4) is 11.3 Å². The first kappa shape index (κ1) is 23.8. The Balaban J connectivity index is 1.79. The summed E-state index contributed by atoms with van der Waals surface area (Å²) in [5, 5.41) is 4.45. The van der Waals surface area contributed by atoms with Crippen LogP contribution in [-0.4, -0.2) is 59.9 Å². The number of hydrogen-bond donors (Lipinski definition) is 2. The van der Waals surface area contributed by atoms with E-state index in [1.807, 2.05) is 14.1 Å². The molecule has 1 aliphatic rings. The number of hydrogen-bond acceptors (Lipinski definition) is 5. The van der Waals surface area contributed by atoms with Gasteiger partial charge in [-0.05, 0) is 52.3 Å². The Morgan fingerprint density at radius 2 is 2.00 bits per heavy atom. The van der Waals surface area contributed by atoms with Crippen molar-refractivity contribution < 1.29 is 17.7 Å². The molecule has 33 heavy (non-hydrogen) atoms. The van der Waals surface area contributed by atoms with E-state index in [2.05, 4.69) is 25.2 Å². The maximum absolute atomic E-state index is 13.9.